The number of hydrogen-bond donors (Lipinski definition) is 4. The highest BCUT2D eigenvalue weighted by atomic mass is 16.5. The average molecular weight is 456 g/mol. The van der Waals surface area contributed by atoms with E-state index in [-0.39, 0.29) is 42.9 Å². The molecule has 0 spiro atoms. The lowest BCUT2D eigenvalue weighted by atomic mass is 9.84. The number of carboxylic acids is 1. The molecule has 176 valence electrons. The first-order valence-corrected chi connectivity index (χ1v) is 11.2. The van der Waals surface area contributed by atoms with E-state index in [2.05, 4.69) is 0 Å². The standard InChI is InChI=1S/C25H29NO7/c1-3-8-25(2)21(29)12-17-20(28)11-16-18(23(17)33-25)13-26(24(16)32)15(10-22(30)31)9-14-6-4-5-7-19(14)27/h4-7,11,15,21,27-29H,3,8-10,12-13H2,1-2H3,(H,30,31). The number of phenols is 2. The molecule has 0 aliphatic carbocycles. The van der Waals surface area contributed by atoms with Crippen molar-refractivity contribution < 1.29 is 34.8 Å². The van der Waals surface area contributed by atoms with Crippen LogP contribution in [0.2, 0.25) is 0 Å². The van der Waals surface area contributed by atoms with E-state index < -0.39 is 29.6 Å². The highest BCUT2D eigenvalue weighted by Gasteiger charge is 2.45. The molecular weight excluding hydrogens is 426 g/mol. The van der Waals surface area contributed by atoms with Crippen LogP contribution >= 0.6 is 0 Å². The second-order valence-electron chi connectivity index (χ2n) is 9.13. The number of carboxylic acid groups (broad SMARTS) is 1. The summed E-state index contributed by atoms with van der Waals surface area (Å²) in [5.74, 6) is -1.12. The van der Waals surface area contributed by atoms with Crippen LogP contribution in [0.4, 0.5) is 0 Å². The zero-order valence-corrected chi connectivity index (χ0v) is 18.7. The Labute approximate surface area is 192 Å². The normalized spacial score (nSPS) is 22.5. The summed E-state index contributed by atoms with van der Waals surface area (Å²) >= 11 is 0. The number of aromatic hydroxyl groups is 2. The number of nitrogens with zero attached hydrogens (tertiary/aromatic N) is 1. The van der Waals surface area contributed by atoms with E-state index in [4.69, 9.17) is 4.74 Å². The maximum Gasteiger partial charge on any atom is 0.305 e. The first-order chi connectivity index (χ1) is 15.6. The zero-order chi connectivity index (χ0) is 23.9. The minimum Gasteiger partial charge on any atom is -0.508 e. The molecule has 2 heterocycles. The number of benzene rings is 2. The summed E-state index contributed by atoms with van der Waals surface area (Å²) in [6.45, 7) is 3.94. The van der Waals surface area contributed by atoms with Crippen LogP contribution in [0.1, 0.15) is 60.2 Å². The lowest BCUT2D eigenvalue weighted by molar-refractivity contribution is -0.138. The summed E-state index contributed by atoms with van der Waals surface area (Å²) in [6.07, 6.45) is 0.661. The lowest BCUT2D eigenvalue weighted by Crippen LogP contribution is -2.49. The van der Waals surface area contributed by atoms with E-state index >= 15 is 0 Å². The predicted molar refractivity (Wildman–Crippen MR) is 119 cm³/mol. The SMILES string of the molecule is CCCC1(C)Oc2c(c(O)cc3c2CN(C(CC(=O)O)Cc2ccccc2O)C3=O)CC1O. The van der Waals surface area contributed by atoms with Crippen molar-refractivity contribution in [3.05, 3.63) is 52.6 Å². The number of fused-ring (bicyclic) bond motifs is 3. The van der Waals surface area contributed by atoms with Crippen molar-refractivity contribution in [1.29, 1.82) is 0 Å². The van der Waals surface area contributed by atoms with Gasteiger partial charge in [-0.25, -0.2) is 0 Å². The highest BCUT2D eigenvalue weighted by Crippen LogP contribution is 2.46. The lowest BCUT2D eigenvalue weighted by Gasteiger charge is -2.40. The van der Waals surface area contributed by atoms with Crippen molar-refractivity contribution in [3.8, 4) is 17.2 Å². The predicted octanol–water partition coefficient (Wildman–Crippen LogP) is 2.99. The van der Waals surface area contributed by atoms with Gasteiger partial charge in [0.25, 0.3) is 5.91 Å². The Morgan fingerprint density at radius 3 is 2.64 bits per heavy atom. The van der Waals surface area contributed by atoms with E-state index in [1.807, 2.05) is 13.8 Å². The maximum absolute atomic E-state index is 13.3. The molecule has 0 aromatic heterocycles. The van der Waals surface area contributed by atoms with Crippen LogP contribution in [0.15, 0.2) is 30.3 Å². The summed E-state index contributed by atoms with van der Waals surface area (Å²) in [7, 11) is 0. The third kappa shape index (κ3) is 4.11. The molecule has 0 radical (unpaired) electrons. The van der Waals surface area contributed by atoms with Gasteiger partial charge in [0.15, 0.2) is 0 Å². The molecule has 2 aliphatic rings. The van der Waals surface area contributed by atoms with Crippen molar-refractivity contribution in [1.82, 2.24) is 4.90 Å². The number of hydrogen-bond acceptors (Lipinski definition) is 6. The van der Waals surface area contributed by atoms with Crippen LogP contribution in [-0.4, -0.2) is 54.9 Å². The number of carbonyl (C=O) groups excluding carboxylic acids is 1. The van der Waals surface area contributed by atoms with Crippen molar-refractivity contribution in [2.45, 2.75) is 70.2 Å². The van der Waals surface area contributed by atoms with Crippen molar-refractivity contribution in [2.24, 2.45) is 0 Å². The molecule has 0 saturated carbocycles. The van der Waals surface area contributed by atoms with Gasteiger partial charge in [0.2, 0.25) is 0 Å². The number of rotatable bonds is 7. The van der Waals surface area contributed by atoms with Crippen LogP contribution in [0.5, 0.6) is 17.2 Å². The van der Waals surface area contributed by atoms with Crippen LogP contribution in [0.25, 0.3) is 0 Å². The van der Waals surface area contributed by atoms with Gasteiger partial charge in [-0.2, -0.15) is 0 Å². The van der Waals surface area contributed by atoms with Gasteiger partial charge in [-0.05, 0) is 37.5 Å². The molecule has 0 saturated heterocycles. The molecule has 0 fully saturated rings. The summed E-state index contributed by atoms with van der Waals surface area (Å²) < 4.78 is 6.25. The molecule has 8 heteroatoms. The Morgan fingerprint density at radius 2 is 1.97 bits per heavy atom. The van der Waals surface area contributed by atoms with Crippen LogP contribution in [-0.2, 0) is 24.2 Å². The molecule has 2 aromatic carbocycles. The molecule has 2 aromatic rings. The smallest absolute Gasteiger partial charge is 0.305 e. The average Bonchev–Trinajstić information content (AvgIpc) is 3.07. The third-order valence-corrected chi connectivity index (χ3v) is 6.77. The van der Waals surface area contributed by atoms with E-state index in [1.54, 1.807) is 18.2 Å². The minimum absolute atomic E-state index is 0.0414. The Hall–Kier alpha value is -3.26. The van der Waals surface area contributed by atoms with Crippen LogP contribution in [0.3, 0.4) is 0 Å². The Bertz CT molecular complexity index is 1100. The summed E-state index contributed by atoms with van der Waals surface area (Å²) in [6, 6.07) is 7.32. The first kappa shape index (κ1) is 22.9. The van der Waals surface area contributed by atoms with Crippen molar-refractivity contribution in [3.63, 3.8) is 0 Å². The summed E-state index contributed by atoms with van der Waals surface area (Å²) in [5, 5.41) is 40.9. The number of amides is 1. The van der Waals surface area contributed by atoms with Gasteiger partial charge in [0, 0.05) is 23.6 Å². The molecule has 0 bridgehead atoms. The number of aliphatic hydroxyl groups excluding tert-OH is 1. The van der Waals surface area contributed by atoms with Gasteiger partial charge in [0.1, 0.15) is 22.8 Å². The first-order valence-electron chi connectivity index (χ1n) is 11.2. The molecule has 4 N–H and O–H groups in total. The fraction of sp³-hybridized carbons (Fsp3) is 0.440. The topological polar surface area (TPSA) is 128 Å². The van der Waals surface area contributed by atoms with Crippen LogP contribution < -0.4 is 4.74 Å². The molecular formula is C25H29NO7. The largest absolute Gasteiger partial charge is 0.508 e. The van der Waals surface area contributed by atoms with Gasteiger partial charge in [-0.15, -0.1) is 0 Å². The number of aliphatic hydroxyl groups is 1. The number of ether oxygens (including phenoxy) is 1. The fourth-order valence-electron chi connectivity index (χ4n) is 4.95. The Kier molecular flexibility index (Phi) is 5.97. The van der Waals surface area contributed by atoms with E-state index in [0.717, 1.165) is 6.42 Å². The monoisotopic (exact) mass is 455 g/mol. The second kappa shape index (κ2) is 8.59. The molecule has 3 unspecified atom stereocenters. The number of carbonyl (C=O) groups is 2. The van der Waals surface area contributed by atoms with Crippen molar-refractivity contribution in [2.75, 3.05) is 0 Å². The van der Waals surface area contributed by atoms with Gasteiger partial charge in [0.05, 0.1) is 24.6 Å². The molecule has 33 heavy (non-hydrogen) atoms. The summed E-state index contributed by atoms with van der Waals surface area (Å²) in [5.41, 5.74) is 1.02. The van der Waals surface area contributed by atoms with Gasteiger partial charge in [-0.1, -0.05) is 31.5 Å². The molecule has 4 rings (SSSR count). The summed E-state index contributed by atoms with van der Waals surface area (Å²) in [4.78, 5) is 26.4. The Morgan fingerprint density at radius 1 is 1.24 bits per heavy atom. The molecule has 2 aliphatic heterocycles. The minimum atomic E-state index is -1.06. The molecule has 3 atom stereocenters. The number of aliphatic carboxylic acids is 1. The molecule has 8 nitrogen and oxygen atoms in total. The van der Waals surface area contributed by atoms with E-state index in [9.17, 15) is 30.0 Å². The van der Waals surface area contributed by atoms with Gasteiger partial charge < -0.3 is 30.1 Å². The van der Waals surface area contributed by atoms with Crippen molar-refractivity contribution >= 4 is 11.9 Å². The number of phenolic OH excluding ortho intramolecular Hbond substituents is 2. The highest BCUT2D eigenvalue weighted by molar-refractivity contribution is 6.00. The second-order valence-corrected chi connectivity index (χ2v) is 9.13. The van der Waals surface area contributed by atoms with Crippen LogP contribution in [0, 0.1) is 0 Å². The van der Waals surface area contributed by atoms with E-state index in [1.165, 1.54) is 17.0 Å². The fourth-order valence-corrected chi connectivity index (χ4v) is 4.95. The van der Waals surface area contributed by atoms with Gasteiger partial charge in [-0.3, -0.25) is 9.59 Å². The molecule has 1 amide bonds. The maximum atomic E-state index is 13.3. The Balaban J connectivity index is 1.71. The number of para-hydroxylation sites is 1. The van der Waals surface area contributed by atoms with Gasteiger partial charge >= 0.3 is 5.97 Å². The zero-order valence-electron chi connectivity index (χ0n) is 18.7. The quantitative estimate of drug-likeness (QED) is 0.505. The third-order valence-electron chi connectivity index (χ3n) is 6.77. The van der Waals surface area contributed by atoms with E-state index in [0.29, 0.717) is 28.9 Å².